The first-order valence-corrected chi connectivity index (χ1v) is 4.02. The van der Waals surface area contributed by atoms with Crippen LogP contribution in [-0.4, -0.2) is 25.7 Å². The lowest BCUT2D eigenvalue weighted by atomic mass is 10.3. The average Bonchev–Trinajstić information content (AvgIpc) is 2.09. The Kier molecular flexibility index (Phi) is 7.30. The van der Waals surface area contributed by atoms with Gasteiger partial charge in [0.05, 0.1) is 6.07 Å². The van der Waals surface area contributed by atoms with Gasteiger partial charge in [-0.25, -0.2) is 0 Å². The maximum Gasteiger partial charge on any atom is 0.245 e. The summed E-state index contributed by atoms with van der Waals surface area (Å²) in [4.78, 5) is 10.8. The van der Waals surface area contributed by atoms with Gasteiger partial charge in [-0.3, -0.25) is 4.79 Å². The first-order chi connectivity index (χ1) is 5.81. The van der Waals surface area contributed by atoms with Gasteiger partial charge in [-0.15, -0.1) is 0 Å². The zero-order valence-electron chi connectivity index (χ0n) is 7.30. The van der Waals surface area contributed by atoms with E-state index in [1.807, 2.05) is 13.0 Å². The van der Waals surface area contributed by atoms with Crippen LogP contribution in [-0.2, 0) is 9.53 Å². The van der Waals surface area contributed by atoms with Crippen molar-refractivity contribution >= 4 is 5.91 Å². The van der Waals surface area contributed by atoms with Gasteiger partial charge in [0.15, 0.2) is 0 Å². The number of hydrogen-bond donors (Lipinski definition) is 1. The minimum absolute atomic E-state index is 0.114. The Morgan fingerprint density at radius 2 is 2.42 bits per heavy atom. The van der Waals surface area contributed by atoms with Gasteiger partial charge in [-0.1, -0.05) is 0 Å². The van der Waals surface area contributed by atoms with Crippen molar-refractivity contribution in [2.45, 2.75) is 19.8 Å². The smallest absolute Gasteiger partial charge is 0.245 e. The van der Waals surface area contributed by atoms with Gasteiger partial charge < -0.3 is 10.1 Å². The van der Waals surface area contributed by atoms with Crippen LogP contribution >= 0.6 is 0 Å². The minimum Gasteiger partial charge on any atom is -0.372 e. The molecule has 0 aromatic carbocycles. The molecule has 0 aliphatic carbocycles. The topological polar surface area (TPSA) is 62.1 Å². The molecule has 1 N–H and O–H groups in total. The zero-order chi connectivity index (χ0) is 9.23. The molecular formula is C8H14N2O2. The van der Waals surface area contributed by atoms with Gasteiger partial charge in [0.25, 0.3) is 0 Å². The molecule has 0 aromatic rings. The minimum atomic E-state index is -0.116. The van der Waals surface area contributed by atoms with E-state index in [0.29, 0.717) is 26.0 Å². The lowest BCUT2D eigenvalue weighted by Gasteiger charge is -2.02. The van der Waals surface area contributed by atoms with Crippen LogP contribution in [0.2, 0.25) is 0 Å². The molecule has 0 radical (unpaired) electrons. The van der Waals surface area contributed by atoms with Crippen LogP contribution in [0.15, 0.2) is 0 Å². The van der Waals surface area contributed by atoms with Crippen molar-refractivity contribution in [1.29, 1.82) is 5.26 Å². The average molecular weight is 170 g/mol. The monoisotopic (exact) mass is 170 g/mol. The maximum atomic E-state index is 10.8. The third-order valence-electron chi connectivity index (χ3n) is 1.22. The molecule has 0 atom stereocenters. The number of carbonyl (C=O) groups excluding carboxylic acids is 1. The van der Waals surface area contributed by atoms with E-state index in [1.165, 1.54) is 0 Å². The number of amides is 1. The fraction of sp³-hybridized carbons (Fsp3) is 0.750. The maximum absolute atomic E-state index is 10.8. The van der Waals surface area contributed by atoms with E-state index in [1.54, 1.807) is 0 Å². The molecule has 0 aromatic heterocycles. The van der Waals surface area contributed by atoms with E-state index >= 15 is 0 Å². The molecular weight excluding hydrogens is 156 g/mol. The summed E-state index contributed by atoms with van der Waals surface area (Å²) in [6.07, 6.45) is 1.18. The highest BCUT2D eigenvalue weighted by molar-refractivity contribution is 5.77. The molecule has 0 saturated carbocycles. The van der Waals surface area contributed by atoms with Crippen molar-refractivity contribution in [3.05, 3.63) is 0 Å². The number of carbonyl (C=O) groups is 1. The molecule has 0 rings (SSSR count). The van der Waals surface area contributed by atoms with E-state index in [2.05, 4.69) is 5.32 Å². The third kappa shape index (κ3) is 7.03. The molecule has 0 spiro atoms. The van der Waals surface area contributed by atoms with Crippen LogP contribution in [0.4, 0.5) is 0 Å². The zero-order valence-corrected chi connectivity index (χ0v) is 7.30. The Balaban J connectivity index is 3.15. The highest BCUT2D eigenvalue weighted by atomic mass is 16.5. The summed E-state index contributed by atoms with van der Waals surface area (Å²) in [6, 6.07) is 2.00. The number of unbranched alkanes of at least 4 members (excludes halogenated alkanes) is 1. The summed E-state index contributed by atoms with van der Waals surface area (Å²) in [5, 5.41) is 10.8. The molecule has 0 aliphatic heterocycles. The molecule has 4 nitrogen and oxygen atoms in total. The predicted octanol–water partition coefficient (Wildman–Crippen LogP) is 0.443. The second-order valence-electron chi connectivity index (χ2n) is 2.25. The van der Waals surface area contributed by atoms with Crippen molar-refractivity contribution in [2.75, 3.05) is 19.8 Å². The standard InChI is InChI=1S/C8H14N2O2/c1-2-12-7-8(11)10-6-4-3-5-9/h2-4,6-7H2,1H3,(H,10,11). The number of rotatable bonds is 6. The highest BCUT2D eigenvalue weighted by Gasteiger charge is 1.97. The van der Waals surface area contributed by atoms with E-state index < -0.39 is 0 Å². The number of ether oxygens (including phenoxy) is 1. The summed E-state index contributed by atoms with van der Waals surface area (Å²) in [7, 11) is 0. The van der Waals surface area contributed by atoms with Crippen LogP contribution in [0.3, 0.4) is 0 Å². The van der Waals surface area contributed by atoms with Gasteiger partial charge in [0, 0.05) is 19.6 Å². The van der Waals surface area contributed by atoms with E-state index in [9.17, 15) is 4.79 Å². The third-order valence-corrected chi connectivity index (χ3v) is 1.22. The van der Waals surface area contributed by atoms with Crippen molar-refractivity contribution in [2.24, 2.45) is 0 Å². The number of nitrogens with zero attached hydrogens (tertiary/aromatic N) is 1. The van der Waals surface area contributed by atoms with Crippen molar-refractivity contribution in [3.63, 3.8) is 0 Å². The number of nitrogens with one attached hydrogen (secondary N) is 1. The second-order valence-corrected chi connectivity index (χ2v) is 2.25. The Hall–Kier alpha value is -1.08. The molecule has 68 valence electrons. The van der Waals surface area contributed by atoms with Crippen LogP contribution in [0.5, 0.6) is 0 Å². The van der Waals surface area contributed by atoms with Crippen LogP contribution in [0.25, 0.3) is 0 Å². The number of hydrogen-bond acceptors (Lipinski definition) is 3. The summed E-state index contributed by atoms with van der Waals surface area (Å²) in [5.41, 5.74) is 0. The van der Waals surface area contributed by atoms with Gasteiger partial charge in [-0.05, 0) is 13.3 Å². The lowest BCUT2D eigenvalue weighted by Crippen LogP contribution is -2.28. The van der Waals surface area contributed by atoms with Gasteiger partial charge in [-0.2, -0.15) is 5.26 Å². The molecule has 4 heteroatoms. The lowest BCUT2D eigenvalue weighted by molar-refractivity contribution is -0.125. The first-order valence-electron chi connectivity index (χ1n) is 4.02. The predicted molar refractivity (Wildman–Crippen MR) is 44.3 cm³/mol. The van der Waals surface area contributed by atoms with Crippen LogP contribution in [0.1, 0.15) is 19.8 Å². The molecule has 1 amide bonds. The molecule has 0 aliphatic rings. The molecule has 12 heavy (non-hydrogen) atoms. The second kappa shape index (κ2) is 8.02. The summed E-state index contributed by atoms with van der Waals surface area (Å²) in [6.45, 7) is 3.05. The Bertz CT molecular complexity index is 163. The van der Waals surface area contributed by atoms with E-state index in [4.69, 9.17) is 10.00 Å². The molecule has 0 bridgehead atoms. The van der Waals surface area contributed by atoms with Crippen LogP contribution < -0.4 is 5.32 Å². The van der Waals surface area contributed by atoms with Crippen molar-refractivity contribution in [1.82, 2.24) is 5.32 Å². The summed E-state index contributed by atoms with van der Waals surface area (Å²) >= 11 is 0. The number of nitriles is 1. The first kappa shape index (κ1) is 10.9. The largest absolute Gasteiger partial charge is 0.372 e. The molecule has 0 saturated heterocycles. The van der Waals surface area contributed by atoms with Crippen LogP contribution in [0, 0.1) is 11.3 Å². The van der Waals surface area contributed by atoms with Gasteiger partial charge in [0.2, 0.25) is 5.91 Å². The Morgan fingerprint density at radius 3 is 3.00 bits per heavy atom. The quantitative estimate of drug-likeness (QED) is 0.588. The Labute approximate surface area is 72.5 Å². The summed E-state index contributed by atoms with van der Waals surface area (Å²) in [5.74, 6) is -0.116. The van der Waals surface area contributed by atoms with E-state index in [-0.39, 0.29) is 12.5 Å². The molecule has 0 unspecified atom stereocenters. The Morgan fingerprint density at radius 1 is 1.67 bits per heavy atom. The highest BCUT2D eigenvalue weighted by Crippen LogP contribution is 1.82. The van der Waals surface area contributed by atoms with Gasteiger partial charge >= 0.3 is 0 Å². The SMILES string of the molecule is CCOCC(=O)NCCCC#N. The molecule has 0 heterocycles. The normalized spacial score (nSPS) is 9.00. The fourth-order valence-corrected chi connectivity index (χ4v) is 0.641. The summed E-state index contributed by atoms with van der Waals surface area (Å²) < 4.78 is 4.88. The van der Waals surface area contributed by atoms with Crippen molar-refractivity contribution < 1.29 is 9.53 Å². The van der Waals surface area contributed by atoms with E-state index in [0.717, 1.165) is 0 Å². The van der Waals surface area contributed by atoms with Crippen molar-refractivity contribution in [3.8, 4) is 6.07 Å². The van der Waals surface area contributed by atoms with Gasteiger partial charge in [0.1, 0.15) is 6.61 Å². The fourth-order valence-electron chi connectivity index (χ4n) is 0.641. The molecule has 0 fully saturated rings.